The van der Waals surface area contributed by atoms with E-state index in [1.165, 1.54) is 18.2 Å². The number of carbonyl (C=O) groups is 1. The Kier molecular flexibility index (Phi) is 6.40. The lowest BCUT2D eigenvalue weighted by molar-refractivity contribution is 0.0950. The lowest BCUT2D eigenvalue weighted by Crippen LogP contribution is -2.23. The van der Waals surface area contributed by atoms with E-state index < -0.39 is 10.0 Å². The van der Waals surface area contributed by atoms with Crippen molar-refractivity contribution >= 4 is 44.0 Å². The third-order valence-electron chi connectivity index (χ3n) is 5.51. The first-order chi connectivity index (χ1) is 15.7. The molecule has 0 radical (unpaired) electrons. The molecule has 0 aliphatic rings. The van der Waals surface area contributed by atoms with Crippen molar-refractivity contribution in [2.75, 3.05) is 4.72 Å². The van der Waals surface area contributed by atoms with E-state index in [1.54, 1.807) is 12.1 Å². The Morgan fingerprint density at radius 1 is 0.848 bits per heavy atom. The first-order valence-corrected chi connectivity index (χ1v) is 12.2. The van der Waals surface area contributed by atoms with Crippen LogP contribution in [0.15, 0.2) is 83.8 Å². The standard InChI is InChI=1S/C26H23ClN2O3S/c1-17-7-11-23(13-18(17)2)29-33(31,32)25-15-22(10-12-24(25)27)26(30)28-16-19-8-9-20-5-3-4-6-21(20)14-19/h3-15,29H,16H2,1-2H3,(H,28,30). The minimum atomic E-state index is -3.98. The molecule has 0 aromatic heterocycles. The van der Waals surface area contributed by atoms with Gasteiger partial charge in [0.2, 0.25) is 0 Å². The van der Waals surface area contributed by atoms with Gasteiger partial charge in [-0.25, -0.2) is 8.42 Å². The molecule has 4 aromatic carbocycles. The molecule has 0 spiro atoms. The Bertz CT molecular complexity index is 1470. The van der Waals surface area contributed by atoms with Gasteiger partial charge in [0.05, 0.1) is 5.02 Å². The minimum Gasteiger partial charge on any atom is -0.348 e. The van der Waals surface area contributed by atoms with Crippen molar-refractivity contribution in [3.63, 3.8) is 0 Å². The van der Waals surface area contributed by atoms with Crippen LogP contribution in [-0.2, 0) is 16.6 Å². The summed E-state index contributed by atoms with van der Waals surface area (Å²) in [5, 5.41) is 5.09. The van der Waals surface area contributed by atoms with Crippen LogP contribution < -0.4 is 10.0 Å². The van der Waals surface area contributed by atoms with Gasteiger partial charge in [-0.05, 0) is 77.7 Å². The Balaban J connectivity index is 1.52. The molecule has 4 aromatic rings. The van der Waals surface area contributed by atoms with Gasteiger partial charge >= 0.3 is 0 Å². The lowest BCUT2D eigenvalue weighted by atomic mass is 10.1. The second kappa shape index (κ2) is 9.25. The quantitative estimate of drug-likeness (QED) is 0.365. The molecule has 0 fully saturated rings. The molecule has 0 atom stereocenters. The fourth-order valence-corrected chi connectivity index (χ4v) is 5.08. The molecule has 0 bridgehead atoms. The molecule has 0 saturated heterocycles. The summed E-state index contributed by atoms with van der Waals surface area (Å²) >= 11 is 6.19. The van der Waals surface area contributed by atoms with Gasteiger partial charge in [0.15, 0.2) is 0 Å². The summed E-state index contributed by atoms with van der Waals surface area (Å²) < 4.78 is 28.5. The number of anilines is 1. The Morgan fingerprint density at radius 3 is 2.36 bits per heavy atom. The third-order valence-corrected chi connectivity index (χ3v) is 7.37. The van der Waals surface area contributed by atoms with E-state index in [9.17, 15) is 13.2 Å². The van der Waals surface area contributed by atoms with Gasteiger partial charge in [0, 0.05) is 17.8 Å². The van der Waals surface area contributed by atoms with Crippen molar-refractivity contribution in [1.82, 2.24) is 5.32 Å². The van der Waals surface area contributed by atoms with Gasteiger partial charge in [-0.1, -0.05) is 54.1 Å². The lowest BCUT2D eigenvalue weighted by Gasteiger charge is -2.12. The van der Waals surface area contributed by atoms with E-state index in [0.717, 1.165) is 27.5 Å². The monoisotopic (exact) mass is 478 g/mol. The van der Waals surface area contributed by atoms with Gasteiger partial charge in [0.25, 0.3) is 15.9 Å². The molecule has 0 unspecified atom stereocenters. The molecule has 1 amide bonds. The highest BCUT2D eigenvalue weighted by Gasteiger charge is 2.20. The molecular formula is C26H23ClN2O3S. The maximum atomic E-state index is 13.0. The van der Waals surface area contributed by atoms with Crippen molar-refractivity contribution in [3.8, 4) is 0 Å². The summed E-state index contributed by atoms with van der Waals surface area (Å²) in [5.41, 5.74) is 3.60. The summed E-state index contributed by atoms with van der Waals surface area (Å²) in [6, 6.07) is 23.4. The van der Waals surface area contributed by atoms with Crippen molar-refractivity contribution in [1.29, 1.82) is 0 Å². The molecule has 0 saturated carbocycles. The highest BCUT2D eigenvalue weighted by Crippen LogP contribution is 2.26. The van der Waals surface area contributed by atoms with Crippen LogP contribution in [-0.4, -0.2) is 14.3 Å². The van der Waals surface area contributed by atoms with Gasteiger partial charge in [0.1, 0.15) is 4.90 Å². The number of amides is 1. The number of hydrogen-bond donors (Lipinski definition) is 2. The van der Waals surface area contributed by atoms with Crippen LogP contribution in [0.25, 0.3) is 10.8 Å². The van der Waals surface area contributed by atoms with Crippen LogP contribution in [0.3, 0.4) is 0 Å². The topological polar surface area (TPSA) is 75.3 Å². The van der Waals surface area contributed by atoms with Gasteiger partial charge in [-0.15, -0.1) is 0 Å². The van der Waals surface area contributed by atoms with E-state index in [1.807, 2.05) is 62.4 Å². The van der Waals surface area contributed by atoms with Crippen molar-refractivity contribution in [2.45, 2.75) is 25.3 Å². The highest BCUT2D eigenvalue weighted by atomic mass is 35.5. The molecule has 5 nitrogen and oxygen atoms in total. The van der Waals surface area contributed by atoms with Crippen molar-refractivity contribution in [2.24, 2.45) is 0 Å². The molecule has 33 heavy (non-hydrogen) atoms. The maximum Gasteiger partial charge on any atom is 0.263 e. The molecule has 0 aliphatic carbocycles. The van der Waals surface area contributed by atoms with Crippen LogP contribution in [0.1, 0.15) is 27.0 Å². The summed E-state index contributed by atoms with van der Waals surface area (Å²) in [6.07, 6.45) is 0. The van der Waals surface area contributed by atoms with Crippen molar-refractivity contribution < 1.29 is 13.2 Å². The number of hydrogen-bond acceptors (Lipinski definition) is 3. The average molecular weight is 479 g/mol. The van der Waals surface area contributed by atoms with Gasteiger partial charge in [-0.3, -0.25) is 9.52 Å². The predicted octanol–water partition coefficient (Wildman–Crippen LogP) is 5.84. The van der Waals surface area contributed by atoms with E-state index in [-0.39, 0.29) is 21.4 Å². The van der Waals surface area contributed by atoms with E-state index in [0.29, 0.717) is 12.2 Å². The number of carbonyl (C=O) groups excluding carboxylic acids is 1. The molecule has 2 N–H and O–H groups in total. The Hall–Kier alpha value is -3.35. The molecule has 0 heterocycles. The zero-order valence-corrected chi connectivity index (χ0v) is 19.8. The largest absolute Gasteiger partial charge is 0.348 e. The Morgan fingerprint density at radius 2 is 1.61 bits per heavy atom. The van der Waals surface area contributed by atoms with Gasteiger partial charge < -0.3 is 5.32 Å². The fourth-order valence-electron chi connectivity index (χ4n) is 3.50. The SMILES string of the molecule is Cc1ccc(NS(=O)(=O)c2cc(C(=O)NCc3ccc4ccccc4c3)ccc2Cl)cc1C. The number of fused-ring (bicyclic) bond motifs is 1. The highest BCUT2D eigenvalue weighted by molar-refractivity contribution is 7.92. The summed E-state index contributed by atoms with van der Waals surface area (Å²) in [7, 11) is -3.98. The zero-order valence-electron chi connectivity index (χ0n) is 18.2. The first-order valence-electron chi connectivity index (χ1n) is 10.4. The first kappa shape index (κ1) is 22.8. The van der Waals surface area contributed by atoms with Crippen LogP contribution in [0.2, 0.25) is 5.02 Å². The number of nitrogens with one attached hydrogen (secondary N) is 2. The second-order valence-electron chi connectivity index (χ2n) is 7.91. The van der Waals surface area contributed by atoms with Crippen LogP contribution in [0, 0.1) is 13.8 Å². The molecule has 4 rings (SSSR count). The summed E-state index contributed by atoms with van der Waals surface area (Å²) in [5.74, 6) is -0.387. The number of rotatable bonds is 6. The zero-order chi connectivity index (χ0) is 23.6. The fraction of sp³-hybridized carbons (Fsp3) is 0.115. The molecule has 7 heteroatoms. The van der Waals surface area contributed by atoms with Crippen LogP contribution in [0.5, 0.6) is 0 Å². The smallest absolute Gasteiger partial charge is 0.263 e. The normalized spacial score (nSPS) is 11.4. The van der Waals surface area contributed by atoms with E-state index in [4.69, 9.17) is 11.6 Å². The van der Waals surface area contributed by atoms with Crippen molar-refractivity contribution in [3.05, 3.63) is 106 Å². The number of halogens is 1. The van der Waals surface area contributed by atoms with E-state index in [2.05, 4.69) is 10.0 Å². The van der Waals surface area contributed by atoms with E-state index >= 15 is 0 Å². The molecule has 0 aliphatic heterocycles. The Labute approximate surface area is 198 Å². The maximum absolute atomic E-state index is 13.0. The number of benzene rings is 4. The second-order valence-corrected chi connectivity index (χ2v) is 9.97. The summed E-state index contributed by atoms with van der Waals surface area (Å²) in [6.45, 7) is 4.17. The molecule has 168 valence electrons. The van der Waals surface area contributed by atoms with Crippen LogP contribution in [0.4, 0.5) is 5.69 Å². The minimum absolute atomic E-state index is 0.0393. The predicted molar refractivity (Wildman–Crippen MR) is 133 cm³/mol. The van der Waals surface area contributed by atoms with Gasteiger partial charge in [-0.2, -0.15) is 0 Å². The number of sulfonamides is 1. The third kappa shape index (κ3) is 5.18. The number of aryl methyl sites for hydroxylation is 2. The summed E-state index contributed by atoms with van der Waals surface area (Å²) in [4.78, 5) is 12.6. The average Bonchev–Trinajstić information content (AvgIpc) is 2.79. The van der Waals surface area contributed by atoms with Crippen LogP contribution >= 0.6 is 11.6 Å². The molecular weight excluding hydrogens is 456 g/mol.